The quantitative estimate of drug-likeness (QED) is 0.786. The van der Waals surface area contributed by atoms with Crippen LogP contribution in [0, 0.1) is 5.92 Å². The number of amides is 2. The van der Waals surface area contributed by atoms with Gasteiger partial charge in [-0.05, 0) is 44.6 Å². The molecule has 132 valence electrons. The Kier molecular flexibility index (Phi) is 6.88. The summed E-state index contributed by atoms with van der Waals surface area (Å²) in [5.74, 6) is 0.600. The normalized spacial score (nSPS) is 24.6. The van der Waals surface area contributed by atoms with Crippen LogP contribution in [0.2, 0.25) is 0 Å². The highest BCUT2D eigenvalue weighted by Gasteiger charge is 2.38. The van der Waals surface area contributed by atoms with Crippen molar-refractivity contribution in [1.82, 2.24) is 15.5 Å². The summed E-state index contributed by atoms with van der Waals surface area (Å²) in [7, 11) is 1.68. The molecule has 0 radical (unpaired) electrons. The van der Waals surface area contributed by atoms with E-state index in [2.05, 4.69) is 29.4 Å². The number of nitrogens with one attached hydrogen (secondary N) is 2. The van der Waals surface area contributed by atoms with Crippen molar-refractivity contribution in [2.24, 2.45) is 5.92 Å². The van der Waals surface area contributed by atoms with Gasteiger partial charge in [0.25, 0.3) is 0 Å². The minimum absolute atomic E-state index is 0.0380. The smallest absolute Gasteiger partial charge is 0.237 e. The summed E-state index contributed by atoms with van der Waals surface area (Å²) in [5.41, 5.74) is 0. The van der Waals surface area contributed by atoms with Crippen molar-refractivity contribution in [2.75, 3.05) is 13.6 Å². The average molecular weight is 323 g/mol. The Morgan fingerprint density at radius 2 is 1.78 bits per heavy atom. The fourth-order valence-corrected chi connectivity index (χ4v) is 3.99. The summed E-state index contributed by atoms with van der Waals surface area (Å²) in [5, 5.41) is 6.02. The molecule has 2 N–H and O–H groups in total. The molecule has 2 rings (SSSR count). The summed E-state index contributed by atoms with van der Waals surface area (Å²) in [6.07, 6.45) is 8.58. The minimum Gasteiger partial charge on any atom is -0.358 e. The van der Waals surface area contributed by atoms with Crippen molar-refractivity contribution < 1.29 is 9.59 Å². The van der Waals surface area contributed by atoms with Crippen LogP contribution in [0.4, 0.5) is 0 Å². The van der Waals surface area contributed by atoms with Crippen molar-refractivity contribution in [3.05, 3.63) is 0 Å². The lowest BCUT2D eigenvalue weighted by molar-refractivity contribution is -0.132. The third kappa shape index (κ3) is 4.93. The third-order valence-electron chi connectivity index (χ3n) is 5.19. The van der Waals surface area contributed by atoms with Gasteiger partial charge in [0.2, 0.25) is 11.8 Å². The van der Waals surface area contributed by atoms with E-state index in [0.717, 1.165) is 38.6 Å². The van der Waals surface area contributed by atoms with E-state index >= 15 is 0 Å². The number of carbonyl (C=O) groups is 2. The van der Waals surface area contributed by atoms with Gasteiger partial charge in [0.05, 0.1) is 12.1 Å². The van der Waals surface area contributed by atoms with Gasteiger partial charge < -0.3 is 10.6 Å². The van der Waals surface area contributed by atoms with Crippen LogP contribution in [0.1, 0.15) is 65.2 Å². The van der Waals surface area contributed by atoms with E-state index in [1.165, 1.54) is 19.3 Å². The van der Waals surface area contributed by atoms with E-state index in [9.17, 15) is 9.59 Å². The largest absolute Gasteiger partial charge is 0.358 e. The fourth-order valence-electron chi connectivity index (χ4n) is 3.99. The van der Waals surface area contributed by atoms with Gasteiger partial charge in [-0.2, -0.15) is 0 Å². The summed E-state index contributed by atoms with van der Waals surface area (Å²) in [6.45, 7) is 5.10. The lowest BCUT2D eigenvalue weighted by atomic mass is 9.95. The zero-order valence-corrected chi connectivity index (χ0v) is 14.9. The number of carbonyl (C=O) groups excluding carboxylic acids is 2. The summed E-state index contributed by atoms with van der Waals surface area (Å²) in [6, 6.07) is 0.00447. The molecule has 1 heterocycles. The molecule has 2 atom stereocenters. The van der Waals surface area contributed by atoms with Gasteiger partial charge in [0.15, 0.2) is 0 Å². The standard InChI is InChI=1S/C18H33N3O2/c1-13(2)12-16(17(22)19-3)21-11-7-10-15(21)18(23)20-14-8-5-4-6-9-14/h13-16H,4-12H2,1-3H3,(H,19,22)(H,20,23)/t15-,16+/m0/s1. The highest BCUT2D eigenvalue weighted by molar-refractivity contribution is 5.85. The van der Waals surface area contributed by atoms with Gasteiger partial charge >= 0.3 is 0 Å². The van der Waals surface area contributed by atoms with E-state index in [1.807, 2.05) is 0 Å². The van der Waals surface area contributed by atoms with Crippen molar-refractivity contribution >= 4 is 11.8 Å². The van der Waals surface area contributed by atoms with Crippen molar-refractivity contribution in [1.29, 1.82) is 0 Å². The first kappa shape index (κ1) is 18.2. The third-order valence-corrected chi connectivity index (χ3v) is 5.19. The molecule has 1 aliphatic carbocycles. The molecule has 1 aliphatic heterocycles. The minimum atomic E-state index is -0.190. The van der Waals surface area contributed by atoms with Crippen LogP contribution in [0.5, 0.6) is 0 Å². The molecule has 5 heteroatoms. The predicted octanol–water partition coefficient (Wildman–Crippen LogP) is 2.06. The Morgan fingerprint density at radius 3 is 2.39 bits per heavy atom. The SMILES string of the molecule is CNC(=O)[C@@H](CC(C)C)N1CCC[C@H]1C(=O)NC1CCCCC1. The molecule has 0 spiro atoms. The van der Waals surface area contributed by atoms with Gasteiger partial charge in [-0.25, -0.2) is 0 Å². The van der Waals surface area contributed by atoms with Crippen LogP contribution in [0.15, 0.2) is 0 Å². The van der Waals surface area contributed by atoms with E-state index in [4.69, 9.17) is 0 Å². The molecule has 5 nitrogen and oxygen atoms in total. The first-order valence-corrected chi connectivity index (χ1v) is 9.30. The van der Waals surface area contributed by atoms with Crippen LogP contribution in [-0.4, -0.2) is 48.4 Å². The number of likely N-dealkylation sites (tertiary alicyclic amines) is 1. The van der Waals surface area contributed by atoms with Gasteiger partial charge in [-0.1, -0.05) is 33.1 Å². The molecule has 0 aromatic rings. The molecule has 0 aromatic heterocycles. The summed E-state index contributed by atoms with van der Waals surface area (Å²) >= 11 is 0. The molecule has 2 fully saturated rings. The molecule has 1 saturated heterocycles. The molecule has 2 aliphatic rings. The molecule has 0 unspecified atom stereocenters. The first-order chi connectivity index (χ1) is 11.0. The fraction of sp³-hybridized carbons (Fsp3) is 0.889. The van der Waals surface area contributed by atoms with Crippen LogP contribution in [0.3, 0.4) is 0 Å². The van der Waals surface area contributed by atoms with Crippen molar-refractivity contribution in [3.8, 4) is 0 Å². The average Bonchev–Trinajstić information content (AvgIpc) is 3.02. The number of likely N-dealkylation sites (N-methyl/N-ethyl adjacent to an activating group) is 1. The van der Waals surface area contributed by atoms with E-state index in [-0.39, 0.29) is 23.9 Å². The van der Waals surface area contributed by atoms with Crippen LogP contribution >= 0.6 is 0 Å². The number of hydrogen-bond donors (Lipinski definition) is 2. The second-order valence-electron chi connectivity index (χ2n) is 7.50. The Hall–Kier alpha value is -1.10. The Morgan fingerprint density at radius 1 is 1.09 bits per heavy atom. The van der Waals surface area contributed by atoms with Gasteiger partial charge in [-0.3, -0.25) is 14.5 Å². The van der Waals surface area contributed by atoms with Crippen LogP contribution < -0.4 is 10.6 Å². The predicted molar refractivity (Wildman–Crippen MR) is 92.1 cm³/mol. The Balaban J connectivity index is 2.01. The maximum atomic E-state index is 12.7. The molecular weight excluding hydrogens is 290 g/mol. The number of rotatable bonds is 6. The molecule has 0 aromatic carbocycles. The monoisotopic (exact) mass is 323 g/mol. The zero-order chi connectivity index (χ0) is 16.8. The van der Waals surface area contributed by atoms with Crippen LogP contribution in [0.25, 0.3) is 0 Å². The van der Waals surface area contributed by atoms with Gasteiger partial charge in [0, 0.05) is 13.1 Å². The summed E-state index contributed by atoms with van der Waals surface area (Å²) in [4.78, 5) is 27.2. The van der Waals surface area contributed by atoms with E-state index in [1.54, 1.807) is 7.05 Å². The Labute approximate surface area is 140 Å². The zero-order valence-electron chi connectivity index (χ0n) is 14.9. The van der Waals surface area contributed by atoms with E-state index in [0.29, 0.717) is 12.0 Å². The lowest BCUT2D eigenvalue weighted by Crippen LogP contribution is -2.54. The topological polar surface area (TPSA) is 61.4 Å². The van der Waals surface area contributed by atoms with Crippen LogP contribution in [-0.2, 0) is 9.59 Å². The molecule has 0 bridgehead atoms. The molecule has 2 amide bonds. The second kappa shape index (κ2) is 8.67. The first-order valence-electron chi connectivity index (χ1n) is 9.30. The maximum Gasteiger partial charge on any atom is 0.237 e. The van der Waals surface area contributed by atoms with Gasteiger partial charge in [0.1, 0.15) is 0 Å². The highest BCUT2D eigenvalue weighted by Crippen LogP contribution is 2.25. The number of hydrogen-bond acceptors (Lipinski definition) is 3. The van der Waals surface area contributed by atoms with Gasteiger partial charge in [-0.15, -0.1) is 0 Å². The van der Waals surface area contributed by atoms with Crippen molar-refractivity contribution in [3.63, 3.8) is 0 Å². The lowest BCUT2D eigenvalue weighted by Gasteiger charge is -2.33. The molecule has 1 saturated carbocycles. The van der Waals surface area contributed by atoms with Crippen molar-refractivity contribution in [2.45, 2.75) is 83.3 Å². The Bertz CT molecular complexity index is 405. The summed E-state index contributed by atoms with van der Waals surface area (Å²) < 4.78 is 0. The number of nitrogens with zero attached hydrogens (tertiary/aromatic N) is 1. The molecule has 23 heavy (non-hydrogen) atoms. The second-order valence-corrected chi connectivity index (χ2v) is 7.50. The molecular formula is C18H33N3O2. The highest BCUT2D eigenvalue weighted by atomic mass is 16.2. The maximum absolute atomic E-state index is 12.7. The van der Waals surface area contributed by atoms with E-state index < -0.39 is 0 Å².